The molecule has 0 aliphatic heterocycles. The molecule has 0 aliphatic rings. The van der Waals surface area contributed by atoms with Gasteiger partial charge < -0.3 is 5.32 Å². The zero-order valence-corrected chi connectivity index (χ0v) is 8.43. The van der Waals surface area contributed by atoms with E-state index in [4.69, 9.17) is 0 Å². The lowest BCUT2D eigenvalue weighted by molar-refractivity contribution is 0.121. The SMILES string of the molecule is CCNCc1cnn(CC(F)F)c1C. The summed E-state index contributed by atoms with van der Waals surface area (Å²) < 4.78 is 25.5. The van der Waals surface area contributed by atoms with E-state index in [1.807, 2.05) is 13.8 Å². The third kappa shape index (κ3) is 2.77. The molecule has 0 aromatic carbocycles. The Kier molecular flexibility index (Phi) is 4.00. The summed E-state index contributed by atoms with van der Waals surface area (Å²) >= 11 is 0. The second-order valence-electron chi connectivity index (χ2n) is 3.11. The molecule has 5 heteroatoms. The van der Waals surface area contributed by atoms with Gasteiger partial charge in [-0.1, -0.05) is 6.92 Å². The third-order valence-electron chi connectivity index (χ3n) is 2.08. The Bertz CT molecular complexity index is 284. The molecule has 0 amide bonds. The van der Waals surface area contributed by atoms with Gasteiger partial charge in [-0.2, -0.15) is 5.10 Å². The predicted octanol–water partition coefficient (Wildman–Crippen LogP) is 1.57. The van der Waals surface area contributed by atoms with Gasteiger partial charge in [0.25, 0.3) is 6.43 Å². The summed E-state index contributed by atoms with van der Waals surface area (Å²) in [6.45, 7) is 5.03. The van der Waals surface area contributed by atoms with Gasteiger partial charge in [0, 0.05) is 17.8 Å². The van der Waals surface area contributed by atoms with Gasteiger partial charge in [-0.05, 0) is 13.5 Å². The second kappa shape index (κ2) is 5.05. The molecule has 0 saturated carbocycles. The highest BCUT2D eigenvalue weighted by Crippen LogP contribution is 2.08. The fraction of sp³-hybridized carbons (Fsp3) is 0.667. The molecule has 80 valence electrons. The van der Waals surface area contributed by atoms with Crippen LogP contribution >= 0.6 is 0 Å². The van der Waals surface area contributed by atoms with Crippen LogP contribution in [0.25, 0.3) is 0 Å². The number of nitrogens with zero attached hydrogens (tertiary/aromatic N) is 2. The van der Waals surface area contributed by atoms with Crippen molar-refractivity contribution in [1.29, 1.82) is 0 Å². The topological polar surface area (TPSA) is 29.9 Å². The van der Waals surface area contributed by atoms with Crippen LogP contribution in [0.5, 0.6) is 0 Å². The molecule has 3 nitrogen and oxygen atoms in total. The number of hydrogen-bond acceptors (Lipinski definition) is 2. The van der Waals surface area contributed by atoms with E-state index in [9.17, 15) is 8.78 Å². The van der Waals surface area contributed by atoms with Gasteiger partial charge in [0.15, 0.2) is 0 Å². The Morgan fingerprint density at radius 3 is 2.86 bits per heavy atom. The van der Waals surface area contributed by atoms with Crippen LogP contribution in [0.3, 0.4) is 0 Å². The average molecular weight is 203 g/mol. The Labute approximate surface area is 82.1 Å². The summed E-state index contributed by atoms with van der Waals surface area (Å²) in [4.78, 5) is 0. The van der Waals surface area contributed by atoms with Gasteiger partial charge in [-0.15, -0.1) is 0 Å². The lowest BCUT2D eigenvalue weighted by Crippen LogP contribution is -2.13. The maximum Gasteiger partial charge on any atom is 0.257 e. The lowest BCUT2D eigenvalue weighted by Gasteiger charge is -2.04. The number of halogens is 2. The number of nitrogens with one attached hydrogen (secondary N) is 1. The van der Waals surface area contributed by atoms with Crippen molar-refractivity contribution in [2.75, 3.05) is 6.54 Å². The molecule has 0 atom stereocenters. The third-order valence-corrected chi connectivity index (χ3v) is 2.08. The quantitative estimate of drug-likeness (QED) is 0.787. The van der Waals surface area contributed by atoms with Gasteiger partial charge in [-0.25, -0.2) is 8.78 Å². The molecular formula is C9H15F2N3. The van der Waals surface area contributed by atoms with Crippen molar-refractivity contribution in [3.05, 3.63) is 17.5 Å². The maximum atomic E-state index is 12.1. The number of alkyl halides is 2. The van der Waals surface area contributed by atoms with Crippen molar-refractivity contribution in [3.8, 4) is 0 Å². The molecule has 0 aliphatic carbocycles. The van der Waals surface area contributed by atoms with Gasteiger partial charge in [0.05, 0.1) is 6.20 Å². The first-order valence-electron chi connectivity index (χ1n) is 4.65. The summed E-state index contributed by atoms with van der Waals surface area (Å²) in [7, 11) is 0. The molecule has 0 spiro atoms. The summed E-state index contributed by atoms with van der Waals surface area (Å²) in [5.41, 5.74) is 1.79. The minimum absolute atomic E-state index is 0.321. The van der Waals surface area contributed by atoms with E-state index in [-0.39, 0.29) is 6.54 Å². The van der Waals surface area contributed by atoms with Crippen LogP contribution in [-0.4, -0.2) is 22.8 Å². The predicted molar refractivity (Wildman–Crippen MR) is 50.3 cm³/mol. The highest BCUT2D eigenvalue weighted by molar-refractivity contribution is 5.15. The standard InChI is InChI=1S/C9H15F2N3/c1-3-12-4-8-5-13-14(7(8)2)6-9(10)11/h5,9,12H,3-4,6H2,1-2H3. The van der Waals surface area contributed by atoms with E-state index in [1.165, 1.54) is 4.68 Å². The smallest absolute Gasteiger partial charge is 0.257 e. The van der Waals surface area contributed by atoms with Gasteiger partial charge in [-0.3, -0.25) is 4.68 Å². The highest BCUT2D eigenvalue weighted by atomic mass is 19.3. The summed E-state index contributed by atoms with van der Waals surface area (Å²) in [5.74, 6) is 0. The monoisotopic (exact) mass is 203 g/mol. The van der Waals surface area contributed by atoms with Gasteiger partial charge in [0.2, 0.25) is 0 Å². The number of aromatic nitrogens is 2. The molecule has 1 aromatic rings. The van der Waals surface area contributed by atoms with E-state index >= 15 is 0 Å². The minimum atomic E-state index is -2.35. The highest BCUT2D eigenvalue weighted by Gasteiger charge is 2.09. The number of hydrogen-bond donors (Lipinski definition) is 1. The zero-order valence-electron chi connectivity index (χ0n) is 8.43. The molecular weight excluding hydrogens is 188 g/mol. The van der Waals surface area contributed by atoms with Crippen LogP contribution in [-0.2, 0) is 13.1 Å². The fourth-order valence-electron chi connectivity index (χ4n) is 1.23. The average Bonchev–Trinajstić information content (AvgIpc) is 2.45. The van der Waals surface area contributed by atoms with Crippen LogP contribution in [0.1, 0.15) is 18.2 Å². The molecule has 0 bridgehead atoms. The molecule has 0 saturated heterocycles. The van der Waals surface area contributed by atoms with Gasteiger partial charge in [0.1, 0.15) is 6.54 Å². The molecule has 14 heavy (non-hydrogen) atoms. The Hall–Kier alpha value is -0.970. The second-order valence-corrected chi connectivity index (χ2v) is 3.11. The van der Waals surface area contributed by atoms with Crippen molar-refractivity contribution in [2.24, 2.45) is 0 Å². The lowest BCUT2D eigenvalue weighted by atomic mass is 10.2. The first kappa shape index (κ1) is 11.1. The summed E-state index contributed by atoms with van der Waals surface area (Å²) in [5, 5.41) is 7.04. The molecule has 1 rings (SSSR count). The molecule has 0 fully saturated rings. The molecule has 0 unspecified atom stereocenters. The van der Waals surface area contributed by atoms with Gasteiger partial charge >= 0.3 is 0 Å². The van der Waals surface area contributed by atoms with E-state index in [2.05, 4.69) is 10.4 Å². The Morgan fingerprint density at radius 1 is 1.57 bits per heavy atom. The van der Waals surface area contributed by atoms with Crippen LogP contribution in [0.2, 0.25) is 0 Å². The van der Waals surface area contributed by atoms with Crippen molar-refractivity contribution in [1.82, 2.24) is 15.1 Å². The van der Waals surface area contributed by atoms with Crippen molar-refractivity contribution >= 4 is 0 Å². The molecule has 0 radical (unpaired) electrons. The zero-order chi connectivity index (χ0) is 10.6. The first-order valence-corrected chi connectivity index (χ1v) is 4.65. The van der Waals surface area contributed by atoms with E-state index < -0.39 is 6.43 Å². The van der Waals surface area contributed by atoms with E-state index in [1.54, 1.807) is 6.20 Å². The van der Waals surface area contributed by atoms with Crippen LogP contribution in [0.4, 0.5) is 8.78 Å². The number of rotatable bonds is 5. The maximum absolute atomic E-state index is 12.1. The summed E-state index contributed by atoms with van der Waals surface area (Å²) in [6.07, 6.45) is -0.707. The minimum Gasteiger partial charge on any atom is -0.313 e. The van der Waals surface area contributed by atoms with Crippen molar-refractivity contribution in [3.63, 3.8) is 0 Å². The van der Waals surface area contributed by atoms with Crippen molar-refractivity contribution < 1.29 is 8.78 Å². The fourth-order valence-corrected chi connectivity index (χ4v) is 1.23. The molecule has 1 aromatic heterocycles. The Morgan fingerprint density at radius 2 is 2.29 bits per heavy atom. The summed E-state index contributed by atoms with van der Waals surface area (Å²) in [6, 6.07) is 0. The Balaban J connectivity index is 2.65. The van der Waals surface area contributed by atoms with Crippen molar-refractivity contribution in [2.45, 2.75) is 33.4 Å². The van der Waals surface area contributed by atoms with Crippen LogP contribution in [0.15, 0.2) is 6.20 Å². The first-order chi connectivity index (χ1) is 6.65. The van der Waals surface area contributed by atoms with E-state index in [0.717, 1.165) is 17.8 Å². The van der Waals surface area contributed by atoms with Crippen LogP contribution < -0.4 is 5.32 Å². The normalized spacial score (nSPS) is 11.2. The molecule has 1 heterocycles. The van der Waals surface area contributed by atoms with Crippen LogP contribution in [0, 0.1) is 6.92 Å². The molecule has 1 N–H and O–H groups in total. The van der Waals surface area contributed by atoms with E-state index in [0.29, 0.717) is 6.54 Å². The largest absolute Gasteiger partial charge is 0.313 e.